The van der Waals surface area contributed by atoms with Gasteiger partial charge in [0.15, 0.2) is 5.65 Å². The Hall–Kier alpha value is -5.16. The Kier molecular flexibility index (Phi) is 11.9. The summed E-state index contributed by atoms with van der Waals surface area (Å²) in [7, 11) is 3.76. The zero-order chi connectivity index (χ0) is 35.7. The predicted molar refractivity (Wildman–Crippen MR) is 192 cm³/mol. The summed E-state index contributed by atoms with van der Waals surface area (Å²) in [6.07, 6.45) is 3.72. The fourth-order valence-corrected chi connectivity index (χ4v) is 5.76. The summed E-state index contributed by atoms with van der Waals surface area (Å²) in [5.41, 5.74) is 3.67. The van der Waals surface area contributed by atoms with Crippen molar-refractivity contribution in [3.63, 3.8) is 0 Å². The number of likely N-dealkylation sites (N-methyl/N-ethyl adjacent to an activating group) is 1. The second-order valence-corrected chi connectivity index (χ2v) is 12.2. The van der Waals surface area contributed by atoms with E-state index in [1.54, 1.807) is 30.6 Å². The predicted octanol–water partition coefficient (Wildman–Crippen LogP) is 5.21. The molecular formula is C37H42F3N9O. The van der Waals surface area contributed by atoms with Crippen molar-refractivity contribution >= 4 is 29.1 Å². The Balaban J connectivity index is 1.31. The number of likely N-dealkylation sites (tertiary alicyclic amines) is 1. The zero-order valence-corrected chi connectivity index (χ0v) is 28.3. The van der Waals surface area contributed by atoms with Crippen molar-refractivity contribution in [2.75, 3.05) is 50.9 Å². The summed E-state index contributed by atoms with van der Waals surface area (Å²) >= 11 is 0. The van der Waals surface area contributed by atoms with Crippen LogP contribution in [0, 0.1) is 24.2 Å². The minimum Gasteiger partial charge on any atom is -0.389 e. The molecule has 10 nitrogen and oxygen atoms in total. The van der Waals surface area contributed by atoms with E-state index in [1.807, 2.05) is 48.6 Å². The van der Waals surface area contributed by atoms with Crippen LogP contribution in [0.4, 0.5) is 24.5 Å². The monoisotopic (exact) mass is 685 g/mol. The lowest BCUT2D eigenvalue weighted by Crippen LogP contribution is -2.29. The third kappa shape index (κ3) is 9.09. The first-order valence-electron chi connectivity index (χ1n) is 16.4. The maximum absolute atomic E-state index is 14.1. The molecule has 2 aromatic heterocycles. The first kappa shape index (κ1) is 36.1. The van der Waals surface area contributed by atoms with Crippen LogP contribution in [0.15, 0.2) is 72.8 Å². The third-order valence-electron chi connectivity index (χ3n) is 8.55. The standard InChI is InChI=1S/C37H42F3N9O/c1-25-7-8-27(36(50)47-29-11-9-28(33(19-29)37(38,39)40)23-48-17-13-30(24-48)43-3)18-26(25)10-12-32-22-45-35-34(6-4-16-49(32)35)46-31(20-41)21-44-15-5-14-42-2/h4,6-9,11,16,18-22,30,41-44,46H,5,13-15,17,23-24H2,1-3H3,(H,47,50)/b31-21+,41-20?. The van der Waals surface area contributed by atoms with Crippen LogP contribution in [0.5, 0.6) is 0 Å². The van der Waals surface area contributed by atoms with E-state index in [0.717, 1.165) is 44.1 Å². The van der Waals surface area contributed by atoms with Crippen molar-refractivity contribution in [1.82, 2.24) is 30.2 Å². The highest BCUT2D eigenvalue weighted by molar-refractivity contribution is 6.04. The Morgan fingerprint density at radius 2 is 1.94 bits per heavy atom. The van der Waals surface area contributed by atoms with Gasteiger partial charge < -0.3 is 32.0 Å². The minimum absolute atomic E-state index is 0.0644. The lowest BCUT2D eigenvalue weighted by molar-refractivity contribution is -0.138. The van der Waals surface area contributed by atoms with Gasteiger partial charge in [0.25, 0.3) is 5.91 Å². The summed E-state index contributed by atoms with van der Waals surface area (Å²) in [4.78, 5) is 19.8. The minimum atomic E-state index is -4.57. The number of carbonyl (C=O) groups is 1. The maximum atomic E-state index is 14.1. The van der Waals surface area contributed by atoms with E-state index in [4.69, 9.17) is 5.41 Å². The molecule has 6 N–H and O–H groups in total. The van der Waals surface area contributed by atoms with Crippen LogP contribution >= 0.6 is 0 Å². The van der Waals surface area contributed by atoms with Crippen LogP contribution in [0.3, 0.4) is 0 Å². The van der Waals surface area contributed by atoms with E-state index in [2.05, 4.69) is 43.4 Å². The molecule has 1 atom stereocenters. The number of rotatable bonds is 13. The lowest BCUT2D eigenvalue weighted by Gasteiger charge is -2.20. The van der Waals surface area contributed by atoms with E-state index < -0.39 is 17.6 Å². The Morgan fingerprint density at radius 1 is 1.10 bits per heavy atom. The van der Waals surface area contributed by atoms with Crippen LogP contribution in [0.1, 0.15) is 51.1 Å². The Labute approximate surface area is 290 Å². The van der Waals surface area contributed by atoms with Crippen molar-refractivity contribution in [3.8, 4) is 11.8 Å². The molecular weight excluding hydrogens is 643 g/mol. The number of imidazole rings is 1. The van der Waals surface area contributed by atoms with Crippen LogP contribution < -0.4 is 26.6 Å². The molecule has 0 radical (unpaired) electrons. The number of alkyl halides is 3. The SMILES string of the molecule is CNCCCN/C=C(\C=N)Nc1cccn2c(C#Cc3cc(C(=O)Nc4ccc(CN5CCC(NC)C5)c(C(F)(F)F)c4)ccc3C)cnc12. The van der Waals surface area contributed by atoms with Crippen molar-refractivity contribution in [3.05, 3.63) is 106 Å². The quantitative estimate of drug-likeness (QED) is 0.0650. The number of nitrogens with zero attached hydrogens (tertiary/aromatic N) is 3. The van der Waals surface area contributed by atoms with Crippen molar-refractivity contribution < 1.29 is 18.0 Å². The number of hydrogen-bond acceptors (Lipinski definition) is 8. The van der Waals surface area contributed by atoms with E-state index in [9.17, 15) is 18.0 Å². The second-order valence-electron chi connectivity index (χ2n) is 12.2. The highest BCUT2D eigenvalue weighted by Gasteiger charge is 2.35. The zero-order valence-electron chi connectivity index (χ0n) is 28.3. The number of amides is 1. The number of benzene rings is 2. The van der Waals surface area contributed by atoms with Gasteiger partial charge >= 0.3 is 6.18 Å². The number of anilines is 2. The summed E-state index contributed by atoms with van der Waals surface area (Å²) in [5, 5.41) is 23.1. The van der Waals surface area contributed by atoms with E-state index in [1.165, 1.54) is 18.3 Å². The number of hydrogen-bond donors (Lipinski definition) is 6. The van der Waals surface area contributed by atoms with Crippen molar-refractivity contribution in [2.24, 2.45) is 0 Å². The molecule has 1 fully saturated rings. The highest BCUT2D eigenvalue weighted by atomic mass is 19.4. The van der Waals surface area contributed by atoms with Crippen molar-refractivity contribution in [1.29, 1.82) is 5.41 Å². The average Bonchev–Trinajstić information content (AvgIpc) is 3.74. The summed E-state index contributed by atoms with van der Waals surface area (Å²) in [5.74, 6) is 5.73. The second kappa shape index (κ2) is 16.5. The van der Waals surface area contributed by atoms with E-state index in [0.29, 0.717) is 34.8 Å². The number of allylic oxidation sites excluding steroid dienone is 1. The molecule has 50 heavy (non-hydrogen) atoms. The number of nitrogens with one attached hydrogen (secondary N) is 6. The molecule has 1 aliphatic heterocycles. The summed E-state index contributed by atoms with van der Waals surface area (Å²) < 4.78 is 44.1. The van der Waals surface area contributed by atoms with Gasteiger partial charge in [-0.2, -0.15) is 13.2 Å². The lowest BCUT2D eigenvalue weighted by atomic mass is 10.0. The number of halogens is 3. The molecule has 1 saturated heterocycles. The third-order valence-corrected chi connectivity index (χ3v) is 8.55. The van der Waals surface area contributed by atoms with Gasteiger partial charge in [0, 0.05) is 67.6 Å². The Bertz CT molecular complexity index is 1920. The molecule has 262 valence electrons. The van der Waals surface area contributed by atoms with E-state index >= 15 is 0 Å². The molecule has 0 spiro atoms. The smallest absolute Gasteiger partial charge is 0.389 e. The van der Waals surface area contributed by atoms with Gasteiger partial charge in [-0.05, 0) is 93.9 Å². The molecule has 1 aliphatic rings. The summed E-state index contributed by atoms with van der Waals surface area (Å²) in [6, 6.07) is 12.9. The molecule has 5 rings (SSSR count). The average molecular weight is 686 g/mol. The van der Waals surface area contributed by atoms with Crippen LogP contribution in [-0.2, 0) is 12.7 Å². The number of fused-ring (bicyclic) bond motifs is 1. The van der Waals surface area contributed by atoms with Gasteiger partial charge in [-0.15, -0.1) is 0 Å². The topological polar surface area (TPSA) is 122 Å². The first-order chi connectivity index (χ1) is 24.1. The number of pyridine rings is 1. The highest BCUT2D eigenvalue weighted by Crippen LogP contribution is 2.35. The normalized spacial score (nSPS) is 15.1. The molecule has 0 aliphatic carbocycles. The molecule has 0 bridgehead atoms. The van der Waals surface area contributed by atoms with Gasteiger partial charge in [0.1, 0.15) is 5.69 Å². The number of aryl methyl sites for hydroxylation is 1. The van der Waals surface area contributed by atoms with Gasteiger partial charge in [-0.3, -0.25) is 14.1 Å². The largest absolute Gasteiger partial charge is 0.416 e. The van der Waals surface area contributed by atoms with Gasteiger partial charge in [0.05, 0.1) is 23.1 Å². The Morgan fingerprint density at radius 3 is 2.68 bits per heavy atom. The van der Waals surface area contributed by atoms with Gasteiger partial charge in [-0.1, -0.05) is 18.1 Å². The molecule has 13 heteroatoms. The fraction of sp³-hybridized carbons (Fsp3) is 0.324. The van der Waals surface area contributed by atoms with Crippen LogP contribution in [0.2, 0.25) is 0 Å². The molecule has 1 amide bonds. The number of aromatic nitrogens is 2. The fourth-order valence-electron chi connectivity index (χ4n) is 5.76. The first-order valence-corrected chi connectivity index (χ1v) is 16.4. The molecule has 2 aromatic carbocycles. The molecule has 3 heterocycles. The van der Waals surface area contributed by atoms with Crippen molar-refractivity contribution in [2.45, 2.75) is 38.5 Å². The molecule has 0 saturated carbocycles. The van der Waals surface area contributed by atoms with Gasteiger partial charge in [0.2, 0.25) is 0 Å². The molecule has 1 unspecified atom stereocenters. The summed E-state index contributed by atoms with van der Waals surface area (Å²) in [6.45, 7) is 5.10. The van der Waals surface area contributed by atoms with Crippen LogP contribution in [-0.4, -0.2) is 72.7 Å². The number of carbonyl (C=O) groups excluding carboxylic acids is 1. The van der Waals surface area contributed by atoms with Gasteiger partial charge in [-0.25, -0.2) is 4.98 Å². The molecule has 4 aromatic rings. The van der Waals surface area contributed by atoms with Crippen LogP contribution in [0.25, 0.3) is 5.65 Å². The van der Waals surface area contributed by atoms with E-state index in [-0.39, 0.29) is 29.4 Å². The maximum Gasteiger partial charge on any atom is 0.416 e.